The topological polar surface area (TPSA) is 81.5 Å². The number of carbonyl (C=O) groups is 1. The Bertz CT molecular complexity index is 703. The number of non-ortho nitro benzene ring substituents is 1. The second kappa shape index (κ2) is 7.73. The van der Waals surface area contributed by atoms with Crippen LogP contribution in [0.25, 0.3) is 0 Å². The SMILES string of the molecule is C[C@H](NC(=O)COc1cccc([N+](=O)[O-])c1)c1ccc(Br)cc1. The molecular formula is C16H15BrN2O4. The van der Waals surface area contributed by atoms with Crippen LogP contribution in [-0.2, 0) is 4.79 Å². The van der Waals surface area contributed by atoms with Gasteiger partial charge in [0.1, 0.15) is 5.75 Å². The minimum absolute atomic E-state index is 0.0776. The Morgan fingerprint density at radius 1 is 1.30 bits per heavy atom. The van der Waals surface area contributed by atoms with Crippen LogP contribution in [0.4, 0.5) is 5.69 Å². The number of nitro groups is 1. The van der Waals surface area contributed by atoms with Gasteiger partial charge in [0.25, 0.3) is 11.6 Å². The van der Waals surface area contributed by atoms with E-state index in [0.29, 0.717) is 0 Å². The van der Waals surface area contributed by atoms with Crippen molar-refractivity contribution in [2.45, 2.75) is 13.0 Å². The molecule has 0 heterocycles. The Morgan fingerprint density at radius 2 is 2.00 bits per heavy atom. The molecule has 0 unspecified atom stereocenters. The van der Waals surface area contributed by atoms with Gasteiger partial charge in [0.15, 0.2) is 6.61 Å². The highest BCUT2D eigenvalue weighted by Crippen LogP contribution is 2.19. The summed E-state index contributed by atoms with van der Waals surface area (Å²) in [6.45, 7) is 1.66. The first-order valence-corrected chi connectivity index (χ1v) is 7.67. The average molecular weight is 379 g/mol. The van der Waals surface area contributed by atoms with Crippen LogP contribution in [0.2, 0.25) is 0 Å². The van der Waals surface area contributed by atoms with Gasteiger partial charge in [0.2, 0.25) is 0 Å². The predicted octanol–water partition coefficient (Wildman–Crippen LogP) is 3.61. The van der Waals surface area contributed by atoms with Crippen LogP contribution >= 0.6 is 15.9 Å². The summed E-state index contributed by atoms with van der Waals surface area (Å²) < 4.78 is 6.26. The Kier molecular flexibility index (Phi) is 5.70. The summed E-state index contributed by atoms with van der Waals surface area (Å²) in [5.74, 6) is -0.0161. The van der Waals surface area contributed by atoms with E-state index in [1.165, 1.54) is 18.2 Å². The first-order chi connectivity index (χ1) is 11.0. The molecule has 23 heavy (non-hydrogen) atoms. The number of hydrogen-bond donors (Lipinski definition) is 1. The summed E-state index contributed by atoms with van der Waals surface area (Å²) in [5.41, 5.74) is 0.892. The van der Waals surface area contributed by atoms with Crippen molar-refractivity contribution in [3.63, 3.8) is 0 Å². The Morgan fingerprint density at radius 3 is 2.65 bits per heavy atom. The van der Waals surface area contributed by atoms with E-state index in [0.717, 1.165) is 10.0 Å². The van der Waals surface area contributed by atoms with Gasteiger partial charge in [-0.1, -0.05) is 34.1 Å². The molecular weight excluding hydrogens is 364 g/mol. The molecule has 2 aromatic rings. The van der Waals surface area contributed by atoms with Crippen LogP contribution in [0, 0.1) is 10.1 Å². The number of nitrogens with one attached hydrogen (secondary N) is 1. The first-order valence-electron chi connectivity index (χ1n) is 6.88. The van der Waals surface area contributed by atoms with E-state index in [4.69, 9.17) is 4.74 Å². The third-order valence-corrected chi connectivity index (χ3v) is 3.67. The number of rotatable bonds is 6. The van der Waals surface area contributed by atoms with Gasteiger partial charge in [-0.05, 0) is 30.7 Å². The Hall–Kier alpha value is -2.41. The van der Waals surface area contributed by atoms with Gasteiger partial charge in [0, 0.05) is 10.5 Å². The minimum Gasteiger partial charge on any atom is -0.484 e. The van der Waals surface area contributed by atoms with Gasteiger partial charge in [-0.2, -0.15) is 0 Å². The number of nitro benzene ring substituents is 1. The zero-order chi connectivity index (χ0) is 16.8. The third-order valence-electron chi connectivity index (χ3n) is 3.15. The van der Waals surface area contributed by atoms with Crippen LogP contribution in [0.15, 0.2) is 53.0 Å². The maximum atomic E-state index is 11.9. The molecule has 1 atom stereocenters. The molecule has 0 bridgehead atoms. The number of halogens is 1. The van der Waals surface area contributed by atoms with Crippen LogP contribution in [0.5, 0.6) is 5.75 Å². The molecule has 120 valence electrons. The van der Waals surface area contributed by atoms with Crippen LogP contribution in [0.1, 0.15) is 18.5 Å². The highest BCUT2D eigenvalue weighted by Gasteiger charge is 2.11. The predicted molar refractivity (Wildman–Crippen MR) is 89.3 cm³/mol. The van der Waals surface area contributed by atoms with Gasteiger partial charge in [-0.25, -0.2) is 0 Å². The molecule has 0 aliphatic carbocycles. The molecule has 0 aliphatic heterocycles. The molecule has 2 rings (SSSR count). The molecule has 6 nitrogen and oxygen atoms in total. The highest BCUT2D eigenvalue weighted by atomic mass is 79.9. The lowest BCUT2D eigenvalue weighted by atomic mass is 10.1. The molecule has 2 aromatic carbocycles. The monoisotopic (exact) mass is 378 g/mol. The molecule has 0 radical (unpaired) electrons. The molecule has 0 saturated carbocycles. The van der Waals surface area contributed by atoms with Crippen molar-refractivity contribution < 1.29 is 14.5 Å². The van der Waals surface area contributed by atoms with Crippen molar-refractivity contribution in [2.75, 3.05) is 6.61 Å². The summed E-state index contributed by atoms with van der Waals surface area (Å²) in [5, 5.41) is 13.5. The van der Waals surface area contributed by atoms with Crippen LogP contribution in [-0.4, -0.2) is 17.4 Å². The van der Waals surface area contributed by atoms with E-state index >= 15 is 0 Å². The second-order valence-corrected chi connectivity index (χ2v) is 5.80. The molecule has 7 heteroatoms. The molecule has 1 amide bonds. The minimum atomic E-state index is -0.511. The molecule has 1 N–H and O–H groups in total. The number of hydrogen-bond acceptors (Lipinski definition) is 4. The lowest BCUT2D eigenvalue weighted by Gasteiger charge is -2.14. The van der Waals surface area contributed by atoms with Crippen LogP contribution < -0.4 is 10.1 Å². The van der Waals surface area contributed by atoms with Crippen LogP contribution in [0.3, 0.4) is 0 Å². The normalized spacial score (nSPS) is 11.6. The summed E-state index contributed by atoms with van der Waals surface area (Å²) in [7, 11) is 0. The molecule has 0 fully saturated rings. The second-order valence-electron chi connectivity index (χ2n) is 4.88. The van der Waals surface area contributed by atoms with E-state index in [-0.39, 0.29) is 30.0 Å². The molecule has 0 aromatic heterocycles. The van der Waals surface area contributed by atoms with Crippen molar-refractivity contribution >= 4 is 27.5 Å². The molecule has 0 saturated heterocycles. The van der Waals surface area contributed by atoms with E-state index in [2.05, 4.69) is 21.2 Å². The summed E-state index contributed by atoms with van der Waals surface area (Å²) in [6.07, 6.45) is 0. The fourth-order valence-corrected chi connectivity index (χ4v) is 2.22. The fourth-order valence-electron chi connectivity index (χ4n) is 1.95. The summed E-state index contributed by atoms with van der Waals surface area (Å²) >= 11 is 3.36. The maximum Gasteiger partial charge on any atom is 0.273 e. The van der Waals surface area contributed by atoms with E-state index < -0.39 is 4.92 Å². The van der Waals surface area contributed by atoms with Gasteiger partial charge in [-0.3, -0.25) is 14.9 Å². The standard InChI is InChI=1S/C16H15BrN2O4/c1-11(12-5-7-13(17)8-6-12)18-16(20)10-23-15-4-2-3-14(9-15)19(21)22/h2-9,11H,10H2,1H3,(H,18,20)/t11-/m0/s1. The quantitative estimate of drug-likeness (QED) is 0.614. The van der Waals surface area contributed by atoms with Gasteiger partial charge >= 0.3 is 0 Å². The number of benzene rings is 2. The number of amides is 1. The lowest BCUT2D eigenvalue weighted by Crippen LogP contribution is -2.31. The Labute approximate surface area is 141 Å². The number of nitrogens with zero attached hydrogens (tertiary/aromatic N) is 1. The largest absolute Gasteiger partial charge is 0.484 e. The number of ether oxygens (including phenoxy) is 1. The first kappa shape index (κ1) is 17.0. The molecule has 0 aliphatic rings. The van der Waals surface area contributed by atoms with Crippen molar-refractivity contribution in [3.05, 3.63) is 68.7 Å². The fraction of sp³-hybridized carbons (Fsp3) is 0.188. The lowest BCUT2D eigenvalue weighted by molar-refractivity contribution is -0.384. The van der Waals surface area contributed by atoms with Crippen molar-refractivity contribution in [1.82, 2.24) is 5.32 Å². The number of carbonyl (C=O) groups excluding carboxylic acids is 1. The average Bonchev–Trinajstić information content (AvgIpc) is 2.53. The smallest absolute Gasteiger partial charge is 0.273 e. The van der Waals surface area contributed by atoms with Crippen molar-refractivity contribution in [1.29, 1.82) is 0 Å². The summed E-state index contributed by atoms with van der Waals surface area (Å²) in [6, 6.07) is 13.2. The van der Waals surface area contributed by atoms with E-state index in [1.54, 1.807) is 6.07 Å². The zero-order valence-corrected chi connectivity index (χ0v) is 13.9. The van der Waals surface area contributed by atoms with Gasteiger partial charge in [0.05, 0.1) is 17.0 Å². The van der Waals surface area contributed by atoms with Crippen molar-refractivity contribution in [2.24, 2.45) is 0 Å². The maximum absolute atomic E-state index is 11.9. The zero-order valence-electron chi connectivity index (χ0n) is 12.4. The van der Waals surface area contributed by atoms with Gasteiger partial charge < -0.3 is 10.1 Å². The highest BCUT2D eigenvalue weighted by molar-refractivity contribution is 9.10. The van der Waals surface area contributed by atoms with E-state index in [9.17, 15) is 14.9 Å². The third kappa shape index (κ3) is 5.07. The summed E-state index contributed by atoms with van der Waals surface area (Å²) in [4.78, 5) is 22.1. The Balaban J connectivity index is 1.88. The van der Waals surface area contributed by atoms with E-state index in [1.807, 2.05) is 31.2 Å². The van der Waals surface area contributed by atoms with Gasteiger partial charge in [-0.15, -0.1) is 0 Å². The molecule has 0 spiro atoms. The van der Waals surface area contributed by atoms with Crippen molar-refractivity contribution in [3.8, 4) is 5.75 Å².